The Morgan fingerprint density at radius 1 is 1.27 bits per heavy atom. The number of pyridine rings is 1. The quantitative estimate of drug-likeness (QED) is 0.287. The zero-order valence-electron chi connectivity index (χ0n) is 22.1. The van der Waals surface area contributed by atoms with Crippen LogP contribution in [0.4, 0.5) is 0 Å². The van der Waals surface area contributed by atoms with Crippen molar-refractivity contribution in [3.63, 3.8) is 0 Å². The van der Waals surface area contributed by atoms with Crippen LogP contribution >= 0.6 is 38.9 Å². The second-order valence-electron chi connectivity index (χ2n) is 9.45. The first-order valence-corrected chi connectivity index (χ1v) is 16.4. The zero-order valence-corrected chi connectivity index (χ0v) is 26.1. The Morgan fingerprint density at radius 2 is 2.05 bits per heavy atom. The molecule has 41 heavy (non-hydrogen) atoms. The minimum atomic E-state index is -3.75. The molecule has 4 heterocycles. The van der Waals surface area contributed by atoms with E-state index in [1.165, 1.54) is 13.2 Å². The number of likely N-dealkylation sites (tertiary alicyclic amines) is 1. The second kappa shape index (κ2) is 12.5. The van der Waals surface area contributed by atoms with Gasteiger partial charge >= 0.3 is 10.1 Å². The van der Waals surface area contributed by atoms with Gasteiger partial charge in [0.15, 0.2) is 24.2 Å². The summed E-state index contributed by atoms with van der Waals surface area (Å²) in [7, 11) is -2.26. The summed E-state index contributed by atoms with van der Waals surface area (Å²) >= 11 is 11.3. The molecule has 0 radical (unpaired) electrons. The Morgan fingerprint density at radius 3 is 2.78 bits per heavy atom. The number of methoxy groups -OCH3 is 1. The summed E-state index contributed by atoms with van der Waals surface area (Å²) in [5, 5.41) is 7.44. The Hall–Kier alpha value is -2.94. The van der Waals surface area contributed by atoms with E-state index in [1.807, 2.05) is 5.38 Å². The van der Waals surface area contributed by atoms with E-state index in [0.29, 0.717) is 53.1 Å². The van der Waals surface area contributed by atoms with Crippen LogP contribution in [0.25, 0.3) is 0 Å². The van der Waals surface area contributed by atoms with E-state index in [0.717, 1.165) is 28.6 Å². The van der Waals surface area contributed by atoms with Crippen molar-refractivity contribution in [1.82, 2.24) is 14.9 Å². The van der Waals surface area contributed by atoms with Gasteiger partial charge in [0, 0.05) is 47.5 Å². The minimum Gasteiger partial charge on any atom is -0.478 e. The first kappa shape index (κ1) is 29.5. The van der Waals surface area contributed by atoms with E-state index in [-0.39, 0.29) is 24.2 Å². The average Bonchev–Trinajstić information content (AvgIpc) is 3.61. The van der Waals surface area contributed by atoms with Crippen LogP contribution in [0.5, 0.6) is 17.4 Å². The molecule has 2 aliphatic rings. The number of carbonyl (C=O) groups is 1. The number of oxime groups is 1. The second-order valence-corrected chi connectivity index (χ2v) is 13.2. The molecule has 3 aromatic rings. The van der Waals surface area contributed by atoms with Gasteiger partial charge in [0.1, 0.15) is 5.71 Å². The third-order valence-corrected chi connectivity index (χ3v) is 8.84. The third-order valence-electron chi connectivity index (χ3n) is 6.59. The highest BCUT2D eigenvalue weighted by Gasteiger charge is 2.32. The lowest BCUT2D eigenvalue weighted by Crippen LogP contribution is -2.40. The number of aromatic nitrogens is 2. The molecule has 1 saturated heterocycles. The first-order chi connectivity index (χ1) is 19.6. The lowest BCUT2D eigenvalue weighted by atomic mass is 9.97. The molecule has 1 atom stereocenters. The molecule has 218 valence electrons. The van der Waals surface area contributed by atoms with Crippen LogP contribution in [-0.4, -0.2) is 68.0 Å². The number of thiazole rings is 1. The minimum absolute atomic E-state index is 0.104. The molecule has 1 aromatic carbocycles. The van der Waals surface area contributed by atoms with Crippen LogP contribution in [0.3, 0.4) is 0 Å². The molecule has 15 heteroatoms. The van der Waals surface area contributed by atoms with Gasteiger partial charge in [-0.05, 0) is 40.9 Å². The molecule has 0 saturated carbocycles. The van der Waals surface area contributed by atoms with Gasteiger partial charge in [-0.25, -0.2) is 9.97 Å². The Bertz CT molecular complexity index is 1580. The molecule has 0 aliphatic carbocycles. The standard InChI is InChI=1S/C26H26BrClN4O7S2/c1-36-25-22(10-16(27)12-29-25)37-13-23(33)32-8-6-15(7-9-32)26-30-19(14-40-26)18-11-21(38-31-18)24-17(28)4-3-5-20(24)39-41(2,34)35/h3-5,10,12,14-15,21H,6-9,11,13H2,1-2H3. The van der Waals surface area contributed by atoms with E-state index < -0.39 is 16.2 Å². The monoisotopic (exact) mass is 684 g/mol. The normalized spacial score (nSPS) is 17.6. The molecule has 0 bridgehead atoms. The third kappa shape index (κ3) is 7.11. The molecule has 0 spiro atoms. The molecule has 1 fully saturated rings. The van der Waals surface area contributed by atoms with Crippen LogP contribution in [0.15, 0.2) is 45.5 Å². The highest BCUT2D eigenvalue weighted by atomic mass is 79.9. The summed E-state index contributed by atoms with van der Waals surface area (Å²) in [5.74, 6) is 0.935. The van der Waals surface area contributed by atoms with Crippen molar-refractivity contribution < 1.29 is 31.7 Å². The number of hydrogen-bond donors (Lipinski definition) is 0. The van der Waals surface area contributed by atoms with Crippen molar-refractivity contribution >= 4 is 60.6 Å². The summed E-state index contributed by atoms with van der Waals surface area (Å²) in [4.78, 5) is 29.2. The van der Waals surface area contributed by atoms with Crippen molar-refractivity contribution in [2.45, 2.75) is 31.3 Å². The van der Waals surface area contributed by atoms with E-state index in [4.69, 9.17) is 35.1 Å². The van der Waals surface area contributed by atoms with Crippen molar-refractivity contribution in [2.75, 3.05) is 33.1 Å². The molecular weight excluding hydrogens is 660 g/mol. The van der Waals surface area contributed by atoms with Crippen LogP contribution in [0.2, 0.25) is 5.02 Å². The lowest BCUT2D eigenvalue weighted by Gasteiger charge is -2.31. The number of piperidine rings is 1. The van der Waals surface area contributed by atoms with E-state index >= 15 is 0 Å². The molecule has 1 unspecified atom stereocenters. The fourth-order valence-corrected chi connectivity index (χ4v) is 6.70. The summed E-state index contributed by atoms with van der Waals surface area (Å²) in [6, 6.07) is 6.50. The Kier molecular flexibility index (Phi) is 9.02. The predicted octanol–water partition coefficient (Wildman–Crippen LogP) is 4.95. The average molecular weight is 686 g/mol. The number of carbonyl (C=O) groups excluding carboxylic acids is 1. The number of nitrogens with zero attached hydrogens (tertiary/aromatic N) is 4. The van der Waals surface area contributed by atoms with Gasteiger partial charge in [-0.15, -0.1) is 11.3 Å². The van der Waals surface area contributed by atoms with Crippen molar-refractivity contribution in [3.05, 3.63) is 61.6 Å². The van der Waals surface area contributed by atoms with Crippen LogP contribution in [-0.2, 0) is 19.8 Å². The number of amides is 1. The van der Waals surface area contributed by atoms with Crippen LogP contribution in [0.1, 0.15) is 47.5 Å². The molecule has 2 aliphatic heterocycles. The number of ether oxygens (including phenoxy) is 2. The van der Waals surface area contributed by atoms with Crippen molar-refractivity contribution in [1.29, 1.82) is 0 Å². The SMILES string of the molecule is COc1ncc(Br)cc1OCC(=O)N1CCC(c2nc(C3=NOC(c4c(Cl)cccc4OS(C)(=O)=O)C3)cs2)CC1. The maximum Gasteiger partial charge on any atom is 0.306 e. The number of hydrogen-bond acceptors (Lipinski definition) is 11. The molecule has 11 nitrogen and oxygen atoms in total. The Balaban J connectivity index is 1.16. The van der Waals surface area contributed by atoms with Gasteiger partial charge in [-0.3, -0.25) is 4.79 Å². The van der Waals surface area contributed by atoms with Gasteiger partial charge in [-0.1, -0.05) is 22.8 Å². The molecule has 5 rings (SSSR count). The fraction of sp³-hybridized carbons (Fsp3) is 0.385. The largest absolute Gasteiger partial charge is 0.478 e. The Labute approximate surface area is 254 Å². The highest BCUT2D eigenvalue weighted by Crippen LogP contribution is 2.40. The number of rotatable bonds is 9. The van der Waals surface area contributed by atoms with Gasteiger partial charge in [0.2, 0.25) is 0 Å². The molecule has 0 N–H and O–H groups in total. The van der Waals surface area contributed by atoms with Gasteiger partial charge < -0.3 is 23.4 Å². The maximum atomic E-state index is 12.8. The van der Waals surface area contributed by atoms with Crippen molar-refractivity contribution in [2.24, 2.45) is 5.16 Å². The van der Waals surface area contributed by atoms with Crippen molar-refractivity contribution in [3.8, 4) is 17.4 Å². The predicted molar refractivity (Wildman–Crippen MR) is 157 cm³/mol. The van der Waals surface area contributed by atoms with Crippen LogP contribution in [0, 0.1) is 0 Å². The smallest absolute Gasteiger partial charge is 0.306 e. The van der Waals surface area contributed by atoms with E-state index in [1.54, 1.807) is 40.6 Å². The number of benzene rings is 1. The summed E-state index contributed by atoms with van der Waals surface area (Å²) < 4.78 is 40.2. The summed E-state index contributed by atoms with van der Waals surface area (Å²) in [6.45, 7) is 1.08. The molecule has 1 amide bonds. The zero-order chi connectivity index (χ0) is 29.1. The summed E-state index contributed by atoms with van der Waals surface area (Å²) in [5.41, 5.74) is 1.77. The van der Waals surface area contributed by atoms with E-state index in [9.17, 15) is 13.2 Å². The van der Waals surface area contributed by atoms with Gasteiger partial charge in [-0.2, -0.15) is 8.42 Å². The van der Waals surface area contributed by atoms with Crippen LogP contribution < -0.4 is 13.7 Å². The van der Waals surface area contributed by atoms with Gasteiger partial charge in [0.05, 0.1) is 34.7 Å². The van der Waals surface area contributed by atoms with Gasteiger partial charge in [0.25, 0.3) is 11.8 Å². The first-order valence-electron chi connectivity index (χ1n) is 12.6. The lowest BCUT2D eigenvalue weighted by molar-refractivity contribution is -0.134. The summed E-state index contributed by atoms with van der Waals surface area (Å²) in [6.07, 6.45) is 3.87. The topological polar surface area (TPSA) is 130 Å². The fourth-order valence-electron chi connectivity index (χ4n) is 4.63. The maximum absolute atomic E-state index is 12.8. The molecule has 2 aromatic heterocycles. The van der Waals surface area contributed by atoms with E-state index in [2.05, 4.69) is 26.1 Å². The molecular formula is C26H26BrClN4O7S2. The number of halogens is 2. The highest BCUT2D eigenvalue weighted by molar-refractivity contribution is 9.10.